The fourth-order valence-electron chi connectivity index (χ4n) is 4.06. The highest BCUT2D eigenvalue weighted by molar-refractivity contribution is 7.13. The SMILES string of the molecule is O=C(Nc1ccc(F)cc1)c1nnc(CN(C2CC2)[C@H]2CCc3ccccc32)s1. The van der Waals surface area contributed by atoms with Crippen LogP contribution in [0.25, 0.3) is 0 Å². The Bertz CT molecular complexity index is 1030. The highest BCUT2D eigenvalue weighted by Gasteiger charge is 2.38. The second-order valence-corrected chi connectivity index (χ2v) is 8.68. The number of nitrogens with zero attached hydrogens (tertiary/aromatic N) is 3. The maximum atomic E-state index is 13.0. The van der Waals surface area contributed by atoms with Crippen molar-refractivity contribution in [3.63, 3.8) is 0 Å². The normalized spacial score (nSPS) is 18.1. The lowest BCUT2D eigenvalue weighted by molar-refractivity contribution is 0.102. The number of amides is 1. The van der Waals surface area contributed by atoms with Crippen molar-refractivity contribution in [1.29, 1.82) is 0 Å². The van der Waals surface area contributed by atoms with E-state index in [0.717, 1.165) is 17.8 Å². The van der Waals surface area contributed by atoms with Crippen LogP contribution in [0.5, 0.6) is 0 Å². The lowest BCUT2D eigenvalue weighted by atomic mass is 10.1. The zero-order valence-electron chi connectivity index (χ0n) is 15.8. The molecular weight excluding hydrogens is 387 g/mol. The average molecular weight is 409 g/mol. The minimum absolute atomic E-state index is 0.315. The first kappa shape index (κ1) is 18.4. The van der Waals surface area contributed by atoms with Crippen LogP contribution in [0.2, 0.25) is 0 Å². The molecule has 0 radical (unpaired) electrons. The molecule has 1 heterocycles. The van der Waals surface area contributed by atoms with E-state index in [1.807, 2.05) is 0 Å². The average Bonchev–Trinajstić information content (AvgIpc) is 3.31. The van der Waals surface area contributed by atoms with E-state index in [0.29, 0.717) is 29.3 Å². The minimum Gasteiger partial charge on any atom is -0.320 e. The minimum atomic E-state index is -0.338. The summed E-state index contributed by atoms with van der Waals surface area (Å²) in [5, 5.41) is 12.3. The number of anilines is 1. The predicted molar refractivity (Wildman–Crippen MR) is 110 cm³/mol. The Morgan fingerprint density at radius 1 is 1.10 bits per heavy atom. The van der Waals surface area contributed by atoms with Gasteiger partial charge >= 0.3 is 0 Å². The van der Waals surface area contributed by atoms with Gasteiger partial charge in [-0.15, -0.1) is 10.2 Å². The van der Waals surface area contributed by atoms with Gasteiger partial charge in [0.1, 0.15) is 10.8 Å². The smallest absolute Gasteiger partial charge is 0.286 e. The number of halogens is 1. The summed E-state index contributed by atoms with van der Waals surface area (Å²) < 4.78 is 13.0. The molecule has 5 nitrogen and oxygen atoms in total. The highest BCUT2D eigenvalue weighted by Crippen LogP contribution is 2.42. The number of hydrogen-bond donors (Lipinski definition) is 1. The molecular formula is C22H21FN4OS. The van der Waals surface area contributed by atoms with Crippen LogP contribution in [0.3, 0.4) is 0 Å². The van der Waals surface area contributed by atoms with Crippen molar-refractivity contribution in [3.8, 4) is 0 Å². The number of carbonyl (C=O) groups excluding carboxylic acids is 1. The first-order chi connectivity index (χ1) is 14.2. The number of aryl methyl sites for hydroxylation is 1. The third kappa shape index (κ3) is 3.93. The van der Waals surface area contributed by atoms with E-state index in [1.165, 1.54) is 59.6 Å². The summed E-state index contributed by atoms with van der Waals surface area (Å²) in [7, 11) is 0. The van der Waals surface area contributed by atoms with Gasteiger partial charge in [0.15, 0.2) is 0 Å². The molecule has 0 spiro atoms. The van der Waals surface area contributed by atoms with Crippen molar-refractivity contribution < 1.29 is 9.18 Å². The second kappa shape index (κ2) is 7.65. The molecule has 0 bridgehead atoms. The number of nitrogens with one attached hydrogen (secondary N) is 1. The van der Waals surface area contributed by atoms with Crippen LogP contribution in [0.4, 0.5) is 10.1 Å². The number of fused-ring (bicyclic) bond motifs is 1. The molecule has 0 saturated heterocycles. The van der Waals surface area contributed by atoms with Crippen molar-refractivity contribution in [1.82, 2.24) is 15.1 Å². The standard InChI is InChI=1S/C22H21FN4OS/c23-15-6-8-16(9-7-15)24-21(28)22-26-25-20(29-22)13-27(17-10-11-17)19-12-5-14-3-1-2-4-18(14)19/h1-4,6-9,17,19H,5,10-13H2,(H,24,28)/t19-/m0/s1. The summed E-state index contributed by atoms with van der Waals surface area (Å²) in [6.45, 7) is 0.713. The van der Waals surface area contributed by atoms with Gasteiger partial charge in [0.2, 0.25) is 5.01 Å². The van der Waals surface area contributed by atoms with Gasteiger partial charge in [-0.05, 0) is 61.1 Å². The fraction of sp³-hybridized carbons (Fsp3) is 0.318. The molecule has 5 rings (SSSR count). The quantitative estimate of drug-likeness (QED) is 0.649. The molecule has 7 heteroatoms. The molecule has 1 amide bonds. The van der Waals surface area contributed by atoms with Gasteiger partial charge in [0.25, 0.3) is 5.91 Å². The first-order valence-corrected chi connectivity index (χ1v) is 10.7. The maximum absolute atomic E-state index is 13.0. The Morgan fingerprint density at radius 2 is 1.90 bits per heavy atom. The molecule has 2 aliphatic rings. The van der Waals surface area contributed by atoms with Crippen LogP contribution in [0.15, 0.2) is 48.5 Å². The van der Waals surface area contributed by atoms with Gasteiger partial charge in [-0.25, -0.2) is 4.39 Å². The van der Waals surface area contributed by atoms with Gasteiger partial charge in [-0.3, -0.25) is 9.69 Å². The molecule has 1 fully saturated rings. The van der Waals surface area contributed by atoms with Crippen LogP contribution in [-0.4, -0.2) is 27.0 Å². The zero-order chi connectivity index (χ0) is 19.8. The third-order valence-electron chi connectivity index (χ3n) is 5.60. The number of rotatable bonds is 6. The number of aromatic nitrogens is 2. The first-order valence-electron chi connectivity index (χ1n) is 9.90. The van der Waals surface area contributed by atoms with Crippen molar-refractivity contribution in [2.24, 2.45) is 0 Å². The fourth-order valence-corrected chi connectivity index (χ4v) is 4.81. The van der Waals surface area contributed by atoms with Gasteiger partial charge in [-0.2, -0.15) is 0 Å². The molecule has 2 aliphatic carbocycles. The van der Waals surface area contributed by atoms with Crippen molar-refractivity contribution in [3.05, 3.63) is 75.5 Å². The molecule has 29 heavy (non-hydrogen) atoms. The molecule has 0 aliphatic heterocycles. The highest BCUT2D eigenvalue weighted by atomic mass is 32.1. The molecule has 3 aromatic rings. The van der Waals surface area contributed by atoms with Gasteiger partial charge in [0.05, 0.1) is 6.54 Å². The van der Waals surface area contributed by atoms with Gasteiger partial charge in [0, 0.05) is 17.8 Å². The molecule has 1 aromatic heterocycles. The Hall–Kier alpha value is -2.64. The molecule has 148 valence electrons. The van der Waals surface area contributed by atoms with E-state index in [2.05, 4.69) is 44.7 Å². The van der Waals surface area contributed by atoms with Gasteiger partial charge < -0.3 is 5.32 Å². The van der Waals surface area contributed by atoms with Crippen molar-refractivity contribution in [2.75, 3.05) is 5.32 Å². The maximum Gasteiger partial charge on any atom is 0.286 e. The lowest BCUT2D eigenvalue weighted by Gasteiger charge is -2.28. The molecule has 1 saturated carbocycles. The van der Waals surface area contributed by atoms with Crippen LogP contribution in [-0.2, 0) is 13.0 Å². The number of hydrogen-bond acceptors (Lipinski definition) is 5. The number of benzene rings is 2. The van der Waals surface area contributed by atoms with Gasteiger partial charge in [-0.1, -0.05) is 35.6 Å². The Labute approximate surface area is 172 Å². The summed E-state index contributed by atoms with van der Waals surface area (Å²) in [4.78, 5) is 15.0. The largest absolute Gasteiger partial charge is 0.320 e. The molecule has 0 unspecified atom stereocenters. The van der Waals surface area contributed by atoms with Crippen molar-refractivity contribution in [2.45, 2.75) is 44.3 Å². The van der Waals surface area contributed by atoms with E-state index >= 15 is 0 Å². The lowest BCUT2D eigenvalue weighted by Crippen LogP contribution is -2.29. The van der Waals surface area contributed by atoms with E-state index in [-0.39, 0.29) is 11.7 Å². The molecule has 1 atom stereocenters. The van der Waals surface area contributed by atoms with E-state index in [9.17, 15) is 9.18 Å². The second-order valence-electron chi connectivity index (χ2n) is 7.62. The van der Waals surface area contributed by atoms with Crippen LogP contribution in [0.1, 0.15) is 51.2 Å². The zero-order valence-corrected chi connectivity index (χ0v) is 16.7. The van der Waals surface area contributed by atoms with Crippen LogP contribution in [0, 0.1) is 5.82 Å². The molecule has 2 aromatic carbocycles. The van der Waals surface area contributed by atoms with Crippen LogP contribution >= 0.6 is 11.3 Å². The topological polar surface area (TPSA) is 58.1 Å². The number of carbonyl (C=O) groups is 1. The van der Waals surface area contributed by atoms with Crippen molar-refractivity contribution >= 4 is 22.9 Å². The van der Waals surface area contributed by atoms with E-state index in [1.54, 1.807) is 0 Å². The summed E-state index contributed by atoms with van der Waals surface area (Å²) in [6, 6.07) is 15.4. The summed E-state index contributed by atoms with van der Waals surface area (Å²) in [6.07, 6.45) is 4.68. The van der Waals surface area contributed by atoms with Crippen LogP contribution < -0.4 is 5.32 Å². The summed E-state index contributed by atoms with van der Waals surface area (Å²) in [5.41, 5.74) is 3.41. The Morgan fingerprint density at radius 3 is 2.69 bits per heavy atom. The van der Waals surface area contributed by atoms with E-state index in [4.69, 9.17) is 0 Å². The predicted octanol–water partition coefficient (Wildman–Crippen LogP) is 4.58. The Kier molecular flexibility index (Phi) is 4.85. The summed E-state index contributed by atoms with van der Waals surface area (Å²) >= 11 is 1.33. The molecule has 1 N–H and O–H groups in total. The Balaban J connectivity index is 1.30. The van der Waals surface area contributed by atoms with E-state index < -0.39 is 0 Å². The summed E-state index contributed by atoms with van der Waals surface area (Å²) in [5.74, 6) is -0.653. The monoisotopic (exact) mass is 408 g/mol. The third-order valence-corrected chi connectivity index (χ3v) is 6.51.